The van der Waals surface area contributed by atoms with E-state index in [2.05, 4.69) is 21.8 Å². The monoisotopic (exact) mass is 355 g/mol. The fourth-order valence-corrected chi connectivity index (χ4v) is 3.62. The van der Waals surface area contributed by atoms with Crippen LogP contribution in [0.15, 0.2) is 24.3 Å². The number of hydrogen-bond acceptors (Lipinski definition) is 6. The first-order valence-corrected chi connectivity index (χ1v) is 9.21. The van der Waals surface area contributed by atoms with Crippen molar-refractivity contribution in [2.45, 2.75) is 39.3 Å². The maximum atomic E-state index is 6.20. The molecule has 2 atom stereocenters. The number of hydrogen-bond donors (Lipinski definition) is 0. The number of ether oxygens (including phenoxy) is 3. The molecule has 0 amide bonds. The highest BCUT2D eigenvalue weighted by molar-refractivity contribution is 5.36. The molecule has 2 aromatic heterocycles. The molecule has 0 saturated carbocycles. The zero-order valence-corrected chi connectivity index (χ0v) is 15.6. The Balaban J connectivity index is 1.41. The topological polar surface area (TPSA) is 56.7 Å². The smallest absolute Gasteiger partial charge is 0.257 e. The lowest BCUT2D eigenvalue weighted by Crippen LogP contribution is -2.28. The average molecular weight is 355 g/mol. The van der Waals surface area contributed by atoms with Crippen molar-refractivity contribution in [3.63, 3.8) is 0 Å². The van der Waals surface area contributed by atoms with Gasteiger partial charge < -0.3 is 14.2 Å². The van der Waals surface area contributed by atoms with Gasteiger partial charge in [0.05, 0.1) is 5.69 Å². The number of fused-ring (bicyclic) bond motifs is 1. The molecule has 2 aromatic rings. The highest BCUT2D eigenvalue weighted by Gasteiger charge is 2.29. The van der Waals surface area contributed by atoms with Gasteiger partial charge in [-0.3, -0.25) is 9.88 Å². The van der Waals surface area contributed by atoms with E-state index in [0.29, 0.717) is 19.1 Å². The number of likely N-dealkylation sites (tertiary alicyclic amines) is 1. The Kier molecular flexibility index (Phi) is 4.68. The lowest BCUT2D eigenvalue weighted by Gasteiger charge is -2.25. The van der Waals surface area contributed by atoms with Crippen LogP contribution in [0, 0.1) is 13.8 Å². The van der Waals surface area contributed by atoms with Gasteiger partial charge in [0.15, 0.2) is 5.75 Å². The molecule has 0 radical (unpaired) electrons. The Morgan fingerprint density at radius 2 is 1.88 bits per heavy atom. The Labute approximate surface area is 154 Å². The minimum Gasteiger partial charge on any atom is -0.489 e. The van der Waals surface area contributed by atoms with Gasteiger partial charge in [-0.05, 0) is 39.3 Å². The predicted octanol–water partition coefficient (Wildman–Crippen LogP) is 3.08. The quantitative estimate of drug-likeness (QED) is 0.840. The van der Waals surface area contributed by atoms with E-state index in [1.165, 1.54) is 0 Å². The second-order valence-electron chi connectivity index (χ2n) is 7.02. The van der Waals surface area contributed by atoms with Gasteiger partial charge in [0.25, 0.3) is 5.88 Å². The van der Waals surface area contributed by atoms with Gasteiger partial charge in [0.1, 0.15) is 25.1 Å². The van der Waals surface area contributed by atoms with E-state index in [9.17, 15) is 0 Å². The molecule has 1 fully saturated rings. The lowest BCUT2D eigenvalue weighted by molar-refractivity contribution is 0.160. The maximum absolute atomic E-state index is 6.20. The first kappa shape index (κ1) is 17.1. The summed E-state index contributed by atoms with van der Waals surface area (Å²) >= 11 is 0. The Bertz CT molecular complexity index is 776. The zero-order valence-electron chi connectivity index (χ0n) is 15.6. The van der Waals surface area contributed by atoms with Gasteiger partial charge in [-0.15, -0.1) is 0 Å². The normalized spacial score (nSPS) is 20.8. The van der Waals surface area contributed by atoms with Crippen LogP contribution in [0.25, 0.3) is 0 Å². The molecule has 0 bridgehead atoms. The minimum absolute atomic E-state index is 0.191. The summed E-state index contributed by atoms with van der Waals surface area (Å²) in [6.45, 7) is 9.20. The second-order valence-corrected chi connectivity index (χ2v) is 7.02. The first-order chi connectivity index (χ1) is 12.6. The molecule has 26 heavy (non-hydrogen) atoms. The molecule has 6 heteroatoms. The standard InChI is InChI=1S/C20H25N3O3/c1-13-10-17(11-14(2)21-13)26-16-6-7-23(12-16)15(3)18-4-5-19-20(22-18)25-9-8-24-19/h4-5,10-11,15-16H,6-9,12H2,1-3H3/t15-,16?/m0/s1. The number of rotatable bonds is 4. The number of aromatic nitrogens is 2. The Morgan fingerprint density at radius 3 is 2.69 bits per heavy atom. The highest BCUT2D eigenvalue weighted by atomic mass is 16.6. The second kappa shape index (κ2) is 7.11. The van der Waals surface area contributed by atoms with Gasteiger partial charge in [-0.2, -0.15) is 0 Å². The van der Waals surface area contributed by atoms with Gasteiger partial charge in [-0.25, -0.2) is 4.98 Å². The molecule has 0 N–H and O–H groups in total. The fourth-order valence-electron chi connectivity index (χ4n) is 3.62. The molecule has 6 nitrogen and oxygen atoms in total. The summed E-state index contributed by atoms with van der Waals surface area (Å²) in [5, 5.41) is 0. The Morgan fingerprint density at radius 1 is 1.12 bits per heavy atom. The van der Waals surface area contributed by atoms with Gasteiger partial charge >= 0.3 is 0 Å². The molecule has 1 saturated heterocycles. The summed E-state index contributed by atoms with van der Waals surface area (Å²) in [6, 6.07) is 8.20. The zero-order chi connectivity index (χ0) is 18.1. The van der Waals surface area contributed by atoms with E-state index >= 15 is 0 Å². The van der Waals surface area contributed by atoms with Crippen LogP contribution in [-0.4, -0.2) is 47.3 Å². The summed E-state index contributed by atoms with van der Waals surface area (Å²) in [7, 11) is 0. The van der Waals surface area contributed by atoms with Crippen LogP contribution in [0.3, 0.4) is 0 Å². The highest BCUT2D eigenvalue weighted by Crippen LogP contribution is 2.32. The van der Waals surface area contributed by atoms with Crippen LogP contribution in [-0.2, 0) is 0 Å². The number of pyridine rings is 2. The number of nitrogens with zero attached hydrogens (tertiary/aromatic N) is 3. The minimum atomic E-state index is 0.191. The van der Waals surface area contributed by atoms with Crippen molar-refractivity contribution in [2.75, 3.05) is 26.3 Å². The molecule has 138 valence electrons. The molecule has 0 aromatic carbocycles. The average Bonchev–Trinajstić information content (AvgIpc) is 3.08. The molecule has 0 spiro atoms. The van der Waals surface area contributed by atoms with Crippen molar-refractivity contribution in [2.24, 2.45) is 0 Å². The van der Waals surface area contributed by atoms with Crippen molar-refractivity contribution in [3.8, 4) is 17.4 Å². The summed E-state index contributed by atoms with van der Waals surface area (Å²) in [5.41, 5.74) is 2.98. The van der Waals surface area contributed by atoms with Crippen LogP contribution in [0.4, 0.5) is 0 Å². The molecule has 2 aliphatic heterocycles. The third-order valence-electron chi connectivity index (χ3n) is 4.94. The molecule has 4 heterocycles. The fraction of sp³-hybridized carbons (Fsp3) is 0.500. The van der Waals surface area contributed by atoms with E-state index in [1.807, 2.05) is 38.1 Å². The predicted molar refractivity (Wildman–Crippen MR) is 98.0 cm³/mol. The molecule has 1 unspecified atom stereocenters. The van der Waals surface area contributed by atoms with Gasteiger partial charge in [-0.1, -0.05) is 0 Å². The molecule has 2 aliphatic rings. The van der Waals surface area contributed by atoms with E-state index in [1.54, 1.807) is 0 Å². The Hall–Kier alpha value is -2.34. The largest absolute Gasteiger partial charge is 0.489 e. The van der Waals surface area contributed by atoms with Crippen molar-refractivity contribution < 1.29 is 14.2 Å². The molecular formula is C20H25N3O3. The van der Waals surface area contributed by atoms with Crippen molar-refractivity contribution in [3.05, 3.63) is 41.3 Å². The summed E-state index contributed by atoms with van der Waals surface area (Å²) in [5.74, 6) is 2.25. The molecular weight excluding hydrogens is 330 g/mol. The SMILES string of the molecule is Cc1cc(OC2CCN([C@@H](C)c3ccc4c(n3)OCCO4)C2)cc(C)n1. The summed E-state index contributed by atoms with van der Waals surface area (Å²) in [4.78, 5) is 11.5. The van der Waals surface area contributed by atoms with E-state index < -0.39 is 0 Å². The third-order valence-corrected chi connectivity index (χ3v) is 4.94. The van der Waals surface area contributed by atoms with Crippen LogP contribution in [0.2, 0.25) is 0 Å². The van der Waals surface area contributed by atoms with Crippen LogP contribution < -0.4 is 14.2 Å². The lowest BCUT2D eigenvalue weighted by atomic mass is 10.2. The van der Waals surface area contributed by atoms with Crippen molar-refractivity contribution in [1.82, 2.24) is 14.9 Å². The third kappa shape index (κ3) is 3.60. The van der Waals surface area contributed by atoms with Crippen LogP contribution in [0.5, 0.6) is 17.4 Å². The van der Waals surface area contributed by atoms with Gasteiger partial charge in [0.2, 0.25) is 0 Å². The van der Waals surface area contributed by atoms with Gasteiger partial charge in [0, 0.05) is 42.7 Å². The molecule has 4 rings (SSSR count). The number of aryl methyl sites for hydroxylation is 2. The summed E-state index contributed by atoms with van der Waals surface area (Å²) < 4.78 is 17.4. The summed E-state index contributed by atoms with van der Waals surface area (Å²) in [6.07, 6.45) is 1.20. The first-order valence-electron chi connectivity index (χ1n) is 9.21. The van der Waals surface area contributed by atoms with Crippen molar-refractivity contribution in [1.29, 1.82) is 0 Å². The van der Waals surface area contributed by atoms with E-state index in [4.69, 9.17) is 14.2 Å². The van der Waals surface area contributed by atoms with E-state index in [-0.39, 0.29) is 12.1 Å². The van der Waals surface area contributed by atoms with E-state index in [0.717, 1.165) is 48.1 Å². The molecule has 0 aliphatic carbocycles. The van der Waals surface area contributed by atoms with Crippen molar-refractivity contribution >= 4 is 0 Å². The maximum Gasteiger partial charge on any atom is 0.257 e. The van der Waals surface area contributed by atoms with Crippen LogP contribution in [0.1, 0.15) is 36.5 Å². The van der Waals surface area contributed by atoms with Crippen LogP contribution >= 0.6 is 0 Å².